The van der Waals surface area contributed by atoms with Gasteiger partial charge >= 0.3 is 6.03 Å². The molecule has 0 aliphatic heterocycles. The molecule has 3 unspecified atom stereocenters. The van der Waals surface area contributed by atoms with Gasteiger partial charge in [0, 0.05) is 12.0 Å². The predicted molar refractivity (Wildman–Crippen MR) is 76.7 cm³/mol. The Kier molecular flexibility index (Phi) is 3.79. The van der Waals surface area contributed by atoms with Crippen molar-refractivity contribution in [3.8, 4) is 0 Å². The highest BCUT2D eigenvalue weighted by molar-refractivity contribution is 5.75. The number of nitrogens with one attached hydrogen (secondary N) is 2. The number of aromatic nitrogens is 2. The van der Waals surface area contributed by atoms with Crippen LogP contribution in [0.3, 0.4) is 0 Å². The molecule has 3 rings (SSSR count). The average Bonchev–Trinajstić information content (AvgIpc) is 3.08. The van der Waals surface area contributed by atoms with Crippen molar-refractivity contribution in [1.29, 1.82) is 0 Å². The number of benzene rings is 1. The van der Waals surface area contributed by atoms with Crippen molar-refractivity contribution < 1.29 is 13.7 Å². The standard InChI is InChI=1S/C15H17FN4O2/c1-8(14-18-9(2)20-22-14)17-15(21)19-13-7-12(13)10-4-3-5-11(16)6-10/h3-6,8,12-13H,7H2,1-2H3,(H2,17,19,21). The Bertz CT molecular complexity index is 688. The Morgan fingerprint density at radius 2 is 2.32 bits per heavy atom. The van der Waals surface area contributed by atoms with Gasteiger partial charge in [0.2, 0.25) is 5.89 Å². The molecule has 2 aromatic rings. The van der Waals surface area contributed by atoms with Gasteiger partial charge in [0.05, 0.1) is 0 Å². The van der Waals surface area contributed by atoms with Gasteiger partial charge in [-0.05, 0) is 38.0 Å². The first-order valence-electron chi connectivity index (χ1n) is 7.15. The van der Waals surface area contributed by atoms with Crippen LogP contribution in [0.15, 0.2) is 28.8 Å². The number of halogens is 1. The zero-order chi connectivity index (χ0) is 15.7. The van der Waals surface area contributed by atoms with Crippen LogP contribution in [0, 0.1) is 12.7 Å². The van der Waals surface area contributed by atoms with Crippen molar-refractivity contribution in [2.24, 2.45) is 0 Å². The molecule has 0 spiro atoms. The van der Waals surface area contributed by atoms with Gasteiger partial charge in [0.1, 0.15) is 11.9 Å². The first-order chi connectivity index (χ1) is 10.5. The lowest BCUT2D eigenvalue weighted by Gasteiger charge is -2.11. The summed E-state index contributed by atoms with van der Waals surface area (Å²) in [5.74, 6) is 0.804. The molecule has 22 heavy (non-hydrogen) atoms. The molecule has 1 aliphatic carbocycles. The Balaban J connectivity index is 1.51. The molecule has 0 bridgehead atoms. The molecule has 1 heterocycles. The molecule has 3 atom stereocenters. The topological polar surface area (TPSA) is 80.0 Å². The predicted octanol–water partition coefficient (Wildman–Crippen LogP) is 2.43. The van der Waals surface area contributed by atoms with Crippen molar-refractivity contribution in [3.05, 3.63) is 47.4 Å². The van der Waals surface area contributed by atoms with E-state index in [1.54, 1.807) is 19.9 Å². The number of hydrogen-bond donors (Lipinski definition) is 2. The van der Waals surface area contributed by atoms with Crippen molar-refractivity contribution in [3.63, 3.8) is 0 Å². The van der Waals surface area contributed by atoms with Crippen LogP contribution in [0.2, 0.25) is 0 Å². The maximum Gasteiger partial charge on any atom is 0.315 e. The van der Waals surface area contributed by atoms with Crippen molar-refractivity contribution in [2.75, 3.05) is 0 Å². The molecule has 1 aromatic carbocycles. The first-order valence-corrected chi connectivity index (χ1v) is 7.15. The molecule has 0 saturated heterocycles. The number of carbonyl (C=O) groups excluding carboxylic acids is 1. The van der Waals surface area contributed by atoms with Crippen LogP contribution in [0.25, 0.3) is 0 Å². The first kappa shape index (κ1) is 14.5. The molecule has 2 N–H and O–H groups in total. The molecule has 1 aliphatic rings. The summed E-state index contributed by atoms with van der Waals surface area (Å²) in [5.41, 5.74) is 0.908. The van der Waals surface area contributed by atoms with E-state index in [2.05, 4.69) is 20.8 Å². The zero-order valence-electron chi connectivity index (χ0n) is 12.3. The largest absolute Gasteiger partial charge is 0.337 e. The molecule has 6 nitrogen and oxygen atoms in total. The molecule has 1 aromatic heterocycles. The third-order valence-corrected chi connectivity index (χ3v) is 3.65. The highest BCUT2D eigenvalue weighted by atomic mass is 19.1. The zero-order valence-corrected chi connectivity index (χ0v) is 12.3. The number of urea groups is 1. The number of hydrogen-bond acceptors (Lipinski definition) is 4. The quantitative estimate of drug-likeness (QED) is 0.909. The van der Waals surface area contributed by atoms with Crippen LogP contribution in [-0.2, 0) is 0 Å². The monoisotopic (exact) mass is 304 g/mol. The minimum Gasteiger partial charge on any atom is -0.337 e. The van der Waals surface area contributed by atoms with Gasteiger partial charge in [-0.15, -0.1) is 0 Å². The number of aryl methyl sites for hydroxylation is 1. The normalized spacial score (nSPS) is 21.2. The van der Waals surface area contributed by atoms with Crippen LogP contribution in [0.5, 0.6) is 0 Å². The van der Waals surface area contributed by atoms with E-state index in [-0.39, 0.29) is 29.8 Å². The minimum atomic E-state index is -0.368. The Hall–Kier alpha value is -2.44. The van der Waals surface area contributed by atoms with Crippen LogP contribution in [0.1, 0.15) is 42.6 Å². The number of rotatable bonds is 4. The van der Waals surface area contributed by atoms with E-state index in [9.17, 15) is 9.18 Å². The van der Waals surface area contributed by atoms with Crippen molar-refractivity contribution >= 4 is 6.03 Å². The Labute approximate surface area is 127 Å². The van der Waals surface area contributed by atoms with E-state index >= 15 is 0 Å². The summed E-state index contributed by atoms with van der Waals surface area (Å²) in [5, 5.41) is 9.30. The van der Waals surface area contributed by atoms with Crippen molar-refractivity contribution in [1.82, 2.24) is 20.8 Å². The fraction of sp³-hybridized carbons (Fsp3) is 0.400. The van der Waals surface area contributed by atoms with Gasteiger partial charge < -0.3 is 15.2 Å². The Morgan fingerprint density at radius 3 is 3.00 bits per heavy atom. The van der Waals surface area contributed by atoms with Gasteiger partial charge in [-0.1, -0.05) is 17.3 Å². The molecule has 0 radical (unpaired) electrons. The maximum absolute atomic E-state index is 13.2. The number of amides is 2. The summed E-state index contributed by atoms with van der Waals surface area (Å²) in [6.07, 6.45) is 0.810. The van der Waals surface area contributed by atoms with E-state index in [1.165, 1.54) is 12.1 Å². The summed E-state index contributed by atoms with van der Waals surface area (Å²) in [6, 6.07) is 5.83. The third-order valence-electron chi connectivity index (χ3n) is 3.65. The van der Waals surface area contributed by atoms with Gasteiger partial charge in [-0.25, -0.2) is 9.18 Å². The smallest absolute Gasteiger partial charge is 0.315 e. The van der Waals surface area contributed by atoms with E-state index in [0.717, 1.165) is 12.0 Å². The minimum absolute atomic E-state index is 0.0263. The Morgan fingerprint density at radius 1 is 1.50 bits per heavy atom. The summed E-state index contributed by atoms with van der Waals surface area (Å²) in [6.45, 7) is 3.48. The van der Waals surface area contributed by atoms with Crippen molar-refractivity contribution in [2.45, 2.75) is 38.3 Å². The summed E-state index contributed by atoms with van der Waals surface area (Å²) < 4.78 is 18.2. The highest BCUT2D eigenvalue weighted by Gasteiger charge is 2.39. The molecular formula is C15H17FN4O2. The lowest BCUT2D eigenvalue weighted by molar-refractivity contribution is 0.233. The SMILES string of the molecule is Cc1noc(C(C)NC(=O)NC2CC2c2cccc(F)c2)n1. The number of nitrogens with zero attached hydrogens (tertiary/aromatic N) is 2. The molecule has 1 saturated carbocycles. The molecule has 7 heteroatoms. The summed E-state index contributed by atoms with van der Waals surface area (Å²) >= 11 is 0. The second-order valence-electron chi connectivity index (χ2n) is 5.52. The molecular weight excluding hydrogens is 287 g/mol. The van der Waals surface area contributed by atoms with E-state index in [0.29, 0.717) is 11.7 Å². The van der Waals surface area contributed by atoms with Gasteiger partial charge in [0.25, 0.3) is 0 Å². The lowest BCUT2D eigenvalue weighted by atomic mass is 10.1. The van der Waals surface area contributed by atoms with Crippen LogP contribution < -0.4 is 10.6 Å². The lowest BCUT2D eigenvalue weighted by Crippen LogP contribution is -2.38. The average molecular weight is 304 g/mol. The number of carbonyl (C=O) groups is 1. The van der Waals surface area contributed by atoms with Crippen LogP contribution in [0.4, 0.5) is 9.18 Å². The van der Waals surface area contributed by atoms with Crippen LogP contribution in [-0.4, -0.2) is 22.2 Å². The molecule has 1 fully saturated rings. The summed E-state index contributed by atoms with van der Waals surface area (Å²) in [7, 11) is 0. The third kappa shape index (κ3) is 3.24. The van der Waals surface area contributed by atoms with Gasteiger partial charge in [0.15, 0.2) is 5.82 Å². The van der Waals surface area contributed by atoms with Gasteiger partial charge in [-0.3, -0.25) is 0 Å². The van der Waals surface area contributed by atoms with E-state index in [1.807, 2.05) is 6.07 Å². The van der Waals surface area contributed by atoms with Crippen LogP contribution >= 0.6 is 0 Å². The van der Waals surface area contributed by atoms with E-state index in [4.69, 9.17) is 4.52 Å². The fourth-order valence-electron chi connectivity index (χ4n) is 2.42. The second kappa shape index (κ2) is 5.75. The maximum atomic E-state index is 13.2. The van der Waals surface area contributed by atoms with E-state index < -0.39 is 0 Å². The molecule has 2 amide bonds. The fourth-order valence-corrected chi connectivity index (χ4v) is 2.42. The second-order valence-corrected chi connectivity index (χ2v) is 5.52. The summed E-state index contributed by atoms with van der Waals surface area (Å²) in [4.78, 5) is 16.0. The van der Waals surface area contributed by atoms with Gasteiger partial charge in [-0.2, -0.15) is 4.98 Å². The highest BCUT2D eigenvalue weighted by Crippen LogP contribution is 2.40. The molecule has 116 valence electrons.